The minimum absolute atomic E-state index is 0.183. The highest BCUT2D eigenvalue weighted by Gasteiger charge is 2.03. The first-order chi connectivity index (χ1) is 8.54. The predicted molar refractivity (Wildman–Crippen MR) is 61.7 cm³/mol. The van der Waals surface area contributed by atoms with Gasteiger partial charge in [0.05, 0.1) is 0 Å². The number of phenolic OH excluding ortho intramolecular Hbond substituents is 1. The van der Waals surface area contributed by atoms with E-state index >= 15 is 0 Å². The normalized spacial score (nSPS) is 10.4. The Labute approximate surface area is 102 Å². The van der Waals surface area contributed by atoms with E-state index in [9.17, 15) is 18.3 Å². The number of hydrogen-bond donors (Lipinski definition) is 2. The molecule has 94 valence electrons. The van der Waals surface area contributed by atoms with E-state index in [-0.39, 0.29) is 12.3 Å². The molecule has 2 N–H and O–H groups in total. The van der Waals surface area contributed by atoms with Gasteiger partial charge in [-0.05, 0) is 29.8 Å². The van der Waals surface area contributed by atoms with E-state index in [0.29, 0.717) is 11.3 Å². The Morgan fingerprint density at radius 3 is 2.39 bits per heavy atom. The van der Waals surface area contributed by atoms with Gasteiger partial charge in [-0.2, -0.15) is 0 Å². The molecule has 0 radical (unpaired) electrons. The summed E-state index contributed by atoms with van der Waals surface area (Å²) in [6, 6.07) is 7.00. The molecule has 0 saturated carbocycles. The van der Waals surface area contributed by atoms with Crippen LogP contribution >= 0.6 is 0 Å². The number of halogens is 3. The third-order valence-electron chi connectivity index (χ3n) is 2.36. The maximum Gasteiger partial charge on any atom is 0.160 e. The second-order valence-corrected chi connectivity index (χ2v) is 3.80. The Morgan fingerprint density at radius 1 is 0.944 bits per heavy atom. The smallest absolute Gasteiger partial charge is 0.160 e. The standard InChI is InChI=1S/C13H10F3NO/c14-9-3-8(4-11(18)5-9)7-17-10-1-2-12(15)13(16)6-10/h1-6,17-18H,7H2. The van der Waals surface area contributed by atoms with Crippen molar-refractivity contribution < 1.29 is 18.3 Å². The number of nitrogens with one attached hydrogen (secondary N) is 1. The first-order valence-corrected chi connectivity index (χ1v) is 5.22. The molecule has 5 heteroatoms. The molecule has 2 rings (SSSR count). The lowest BCUT2D eigenvalue weighted by molar-refractivity contribution is 0.468. The van der Waals surface area contributed by atoms with Crippen LogP contribution in [-0.2, 0) is 6.54 Å². The monoisotopic (exact) mass is 253 g/mol. The third kappa shape index (κ3) is 2.94. The van der Waals surface area contributed by atoms with Gasteiger partial charge in [-0.25, -0.2) is 13.2 Å². The topological polar surface area (TPSA) is 32.3 Å². The van der Waals surface area contributed by atoms with Crippen molar-refractivity contribution >= 4 is 5.69 Å². The third-order valence-corrected chi connectivity index (χ3v) is 2.36. The van der Waals surface area contributed by atoms with Crippen molar-refractivity contribution in [3.63, 3.8) is 0 Å². The summed E-state index contributed by atoms with van der Waals surface area (Å²) in [4.78, 5) is 0. The number of aromatic hydroxyl groups is 1. The van der Waals surface area contributed by atoms with Gasteiger partial charge in [0.2, 0.25) is 0 Å². The van der Waals surface area contributed by atoms with Crippen LogP contribution in [0.25, 0.3) is 0 Å². The largest absolute Gasteiger partial charge is 0.508 e. The van der Waals surface area contributed by atoms with Gasteiger partial charge in [0, 0.05) is 24.4 Å². The van der Waals surface area contributed by atoms with Crippen LogP contribution in [0.4, 0.5) is 18.9 Å². The first kappa shape index (κ1) is 12.3. The molecule has 0 heterocycles. The number of benzene rings is 2. The van der Waals surface area contributed by atoms with E-state index in [1.807, 2.05) is 0 Å². The van der Waals surface area contributed by atoms with Crippen molar-refractivity contribution in [2.75, 3.05) is 5.32 Å². The fraction of sp³-hybridized carbons (Fsp3) is 0.0769. The van der Waals surface area contributed by atoms with Crippen LogP contribution in [0.1, 0.15) is 5.56 Å². The molecule has 0 aliphatic rings. The van der Waals surface area contributed by atoms with Gasteiger partial charge in [0.25, 0.3) is 0 Å². The molecule has 0 amide bonds. The molecule has 2 aromatic carbocycles. The highest BCUT2D eigenvalue weighted by Crippen LogP contribution is 2.17. The van der Waals surface area contributed by atoms with Crippen LogP contribution in [0, 0.1) is 17.5 Å². The average Bonchev–Trinajstić information content (AvgIpc) is 2.29. The second kappa shape index (κ2) is 5.00. The first-order valence-electron chi connectivity index (χ1n) is 5.22. The molecular formula is C13H10F3NO. The zero-order valence-corrected chi connectivity index (χ0v) is 9.25. The average molecular weight is 253 g/mol. The number of phenols is 1. The maximum absolute atomic E-state index is 13.0. The maximum atomic E-state index is 13.0. The van der Waals surface area contributed by atoms with E-state index in [1.54, 1.807) is 0 Å². The van der Waals surface area contributed by atoms with E-state index in [0.717, 1.165) is 18.2 Å². The van der Waals surface area contributed by atoms with E-state index in [2.05, 4.69) is 5.32 Å². The molecule has 0 fully saturated rings. The lowest BCUT2D eigenvalue weighted by Crippen LogP contribution is -2.00. The van der Waals surface area contributed by atoms with Crippen LogP contribution < -0.4 is 5.32 Å². The summed E-state index contributed by atoms with van der Waals surface area (Å²) in [7, 11) is 0. The summed E-state index contributed by atoms with van der Waals surface area (Å²) in [5.41, 5.74) is 0.870. The Hall–Kier alpha value is -2.17. The van der Waals surface area contributed by atoms with E-state index < -0.39 is 17.5 Å². The fourth-order valence-corrected chi connectivity index (χ4v) is 1.55. The number of rotatable bonds is 3. The number of anilines is 1. The van der Waals surface area contributed by atoms with Crippen molar-refractivity contribution in [3.8, 4) is 5.75 Å². The zero-order chi connectivity index (χ0) is 13.1. The summed E-state index contributed by atoms with van der Waals surface area (Å²) < 4.78 is 38.6. The van der Waals surface area contributed by atoms with Crippen molar-refractivity contribution in [2.45, 2.75) is 6.54 Å². The summed E-state index contributed by atoms with van der Waals surface area (Å²) in [5.74, 6) is -2.62. The molecule has 0 aromatic heterocycles. The van der Waals surface area contributed by atoms with Gasteiger partial charge in [-0.1, -0.05) is 0 Å². The predicted octanol–water partition coefficient (Wildman–Crippen LogP) is 3.42. The summed E-state index contributed by atoms with van der Waals surface area (Å²) in [5, 5.41) is 12.0. The Kier molecular flexibility index (Phi) is 3.41. The van der Waals surface area contributed by atoms with Gasteiger partial charge >= 0.3 is 0 Å². The van der Waals surface area contributed by atoms with Crippen LogP contribution in [-0.4, -0.2) is 5.11 Å². The lowest BCUT2D eigenvalue weighted by Gasteiger charge is -2.07. The molecule has 0 saturated heterocycles. The van der Waals surface area contributed by atoms with Crippen molar-refractivity contribution in [3.05, 3.63) is 59.4 Å². The van der Waals surface area contributed by atoms with Gasteiger partial charge in [0.15, 0.2) is 11.6 Å². The highest BCUT2D eigenvalue weighted by molar-refractivity contribution is 5.44. The highest BCUT2D eigenvalue weighted by atomic mass is 19.2. The van der Waals surface area contributed by atoms with Crippen LogP contribution in [0.15, 0.2) is 36.4 Å². The SMILES string of the molecule is Oc1cc(F)cc(CNc2ccc(F)c(F)c2)c1. The molecule has 2 nitrogen and oxygen atoms in total. The van der Waals surface area contributed by atoms with Gasteiger partial charge in [0.1, 0.15) is 11.6 Å². The van der Waals surface area contributed by atoms with Crippen molar-refractivity contribution in [1.29, 1.82) is 0 Å². The molecule has 0 unspecified atom stereocenters. The van der Waals surface area contributed by atoms with Gasteiger partial charge < -0.3 is 10.4 Å². The Bertz CT molecular complexity index is 552. The summed E-state index contributed by atoms with van der Waals surface area (Å²) in [6.45, 7) is 0.191. The second-order valence-electron chi connectivity index (χ2n) is 3.80. The molecular weight excluding hydrogens is 243 g/mol. The van der Waals surface area contributed by atoms with Crippen molar-refractivity contribution in [1.82, 2.24) is 0 Å². The summed E-state index contributed by atoms with van der Waals surface area (Å²) in [6.07, 6.45) is 0. The quantitative estimate of drug-likeness (QED) is 0.878. The van der Waals surface area contributed by atoms with Gasteiger partial charge in [-0.3, -0.25) is 0 Å². The molecule has 0 spiro atoms. The molecule has 0 atom stereocenters. The van der Waals surface area contributed by atoms with Crippen LogP contribution in [0.5, 0.6) is 5.75 Å². The molecule has 2 aromatic rings. The van der Waals surface area contributed by atoms with Crippen LogP contribution in [0.2, 0.25) is 0 Å². The fourth-order valence-electron chi connectivity index (χ4n) is 1.55. The molecule has 0 aliphatic carbocycles. The van der Waals surface area contributed by atoms with E-state index in [1.165, 1.54) is 18.2 Å². The van der Waals surface area contributed by atoms with E-state index in [4.69, 9.17) is 0 Å². The lowest BCUT2D eigenvalue weighted by atomic mass is 10.2. The number of hydrogen-bond acceptors (Lipinski definition) is 2. The molecule has 0 aliphatic heterocycles. The van der Waals surface area contributed by atoms with Crippen LogP contribution in [0.3, 0.4) is 0 Å². The Balaban J connectivity index is 2.08. The minimum Gasteiger partial charge on any atom is -0.508 e. The summed E-state index contributed by atoms with van der Waals surface area (Å²) >= 11 is 0. The zero-order valence-electron chi connectivity index (χ0n) is 9.25. The minimum atomic E-state index is -0.956. The molecule has 18 heavy (non-hydrogen) atoms. The Morgan fingerprint density at radius 2 is 1.72 bits per heavy atom. The van der Waals surface area contributed by atoms with Crippen molar-refractivity contribution in [2.24, 2.45) is 0 Å². The molecule has 0 bridgehead atoms. The van der Waals surface area contributed by atoms with Gasteiger partial charge in [-0.15, -0.1) is 0 Å².